The van der Waals surface area contributed by atoms with Gasteiger partial charge in [-0.2, -0.15) is 0 Å². The van der Waals surface area contributed by atoms with Crippen LogP contribution in [0.4, 0.5) is 0 Å². The van der Waals surface area contributed by atoms with Gasteiger partial charge in [-0.25, -0.2) is 0 Å². The molecule has 4 heterocycles. The quantitative estimate of drug-likeness (QED) is 0.691. The lowest BCUT2D eigenvalue weighted by Crippen LogP contribution is -2.58. The zero-order chi connectivity index (χ0) is 20.2. The standard InChI is InChI=1S/C21H30N6O2/c1-22-11-17-12-27(25-24-17)13-18-9-15-7-8-26(18)14-19(15)21(28)23-10-16-5-3-4-6-20(16)29-2/h3-6,12,15,18-19,22H,7-11,13-14H2,1-2H3,(H,23,28)/t15?,18-,19+/m1/s1. The van der Waals surface area contributed by atoms with Crippen LogP contribution in [0.1, 0.15) is 24.1 Å². The Morgan fingerprint density at radius 1 is 1.31 bits per heavy atom. The second-order valence-electron chi connectivity index (χ2n) is 8.03. The topological polar surface area (TPSA) is 84.3 Å². The van der Waals surface area contributed by atoms with Crippen molar-refractivity contribution in [1.82, 2.24) is 30.5 Å². The van der Waals surface area contributed by atoms with Crippen LogP contribution in [0, 0.1) is 11.8 Å². The van der Waals surface area contributed by atoms with E-state index in [0.717, 1.165) is 56.0 Å². The van der Waals surface area contributed by atoms with Gasteiger partial charge in [-0.15, -0.1) is 5.10 Å². The summed E-state index contributed by atoms with van der Waals surface area (Å²) < 4.78 is 7.32. The molecule has 156 valence electrons. The Hall–Kier alpha value is -2.45. The Morgan fingerprint density at radius 2 is 2.17 bits per heavy atom. The van der Waals surface area contributed by atoms with Gasteiger partial charge in [0.2, 0.25) is 5.91 Å². The number of piperidine rings is 3. The number of carbonyl (C=O) groups is 1. The van der Waals surface area contributed by atoms with Gasteiger partial charge in [-0.1, -0.05) is 23.4 Å². The molecule has 3 aliphatic rings. The zero-order valence-electron chi connectivity index (χ0n) is 17.2. The Balaban J connectivity index is 1.33. The van der Waals surface area contributed by atoms with Crippen molar-refractivity contribution in [3.63, 3.8) is 0 Å². The highest BCUT2D eigenvalue weighted by Crippen LogP contribution is 2.37. The molecule has 29 heavy (non-hydrogen) atoms. The predicted molar refractivity (Wildman–Crippen MR) is 109 cm³/mol. The third kappa shape index (κ3) is 4.43. The van der Waals surface area contributed by atoms with Crippen molar-refractivity contribution < 1.29 is 9.53 Å². The normalized spacial score (nSPS) is 25.7. The third-order valence-electron chi connectivity index (χ3n) is 6.20. The van der Waals surface area contributed by atoms with Crippen molar-refractivity contribution in [1.29, 1.82) is 0 Å². The number of fused-ring (bicyclic) bond motifs is 3. The first kappa shape index (κ1) is 19.8. The number of carbonyl (C=O) groups excluding carboxylic acids is 1. The van der Waals surface area contributed by atoms with E-state index < -0.39 is 0 Å². The van der Waals surface area contributed by atoms with Crippen LogP contribution in [0.5, 0.6) is 5.75 Å². The minimum atomic E-state index is 0.0605. The first-order valence-corrected chi connectivity index (χ1v) is 10.3. The number of ether oxygens (including phenoxy) is 1. The van der Waals surface area contributed by atoms with Gasteiger partial charge in [-0.05, 0) is 38.4 Å². The SMILES string of the molecule is CNCc1cn(C[C@H]2CC3CCN2C[C@@H]3C(=O)NCc2ccccc2OC)nn1. The molecule has 0 radical (unpaired) electrons. The summed E-state index contributed by atoms with van der Waals surface area (Å²) in [5.74, 6) is 1.46. The molecular formula is C21H30N6O2. The molecule has 3 fully saturated rings. The number of nitrogens with one attached hydrogen (secondary N) is 2. The molecule has 8 nitrogen and oxygen atoms in total. The molecule has 4 atom stereocenters. The number of para-hydroxylation sites is 1. The van der Waals surface area contributed by atoms with E-state index in [1.54, 1.807) is 7.11 Å². The highest BCUT2D eigenvalue weighted by molar-refractivity contribution is 5.79. The number of aromatic nitrogens is 3. The highest BCUT2D eigenvalue weighted by Gasteiger charge is 2.43. The third-order valence-corrected chi connectivity index (χ3v) is 6.20. The molecule has 2 bridgehead atoms. The van der Waals surface area contributed by atoms with Crippen LogP contribution in [0.2, 0.25) is 0 Å². The van der Waals surface area contributed by atoms with Crippen LogP contribution >= 0.6 is 0 Å². The number of hydrogen-bond acceptors (Lipinski definition) is 6. The van der Waals surface area contributed by atoms with Crippen LogP contribution in [0.25, 0.3) is 0 Å². The highest BCUT2D eigenvalue weighted by atomic mass is 16.5. The molecule has 5 rings (SSSR count). The second-order valence-corrected chi connectivity index (χ2v) is 8.03. The molecule has 1 aromatic carbocycles. The van der Waals surface area contributed by atoms with Gasteiger partial charge >= 0.3 is 0 Å². The summed E-state index contributed by atoms with van der Waals surface area (Å²) in [7, 11) is 3.56. The summed E-state index contributed by atoms with van der Waals surface area (Å²) in [5.41, 5.74) is 1.96. The first-order valence-electron chi connectivity index (χ1n) is 10.3. The van der Waals surface area contributed by atoms with Gasteiger partial charge in [0, 0.05) is 37.4 Å². The van der Waals surface area contributed by atoms with Crippen molar-refractivity contribution in [2.75, 3.05) is 27.2 Å². The fourth-order valence-electron chi connectivity index (χ4n) is 4.69. The Morgan fingerprint density at radius 3 is 2.93 bits per heavy atom. The minimum absolute atomic E-state index is 0.0605. The molecule has 1 aromatic heterocycles. The van der Waals surface area contributed by atoms with Crippen molar-refractivity contribution >= 4 is 5.91 Å². The lowest BCUT2D eigenvalue weighted by atomic mass is 9.75. The summed E-state index contributed by atoms with van der Waals surface area (Å²) in [6.07, 6.45) is 4.14. The monoisotopic (exact) mass is 398 g/mol. The lowest BCUT2D eigenvalue weighted by Gasteiger charge is -2.49. The fourth-order valence-corrected chi connectivity index (χ4v) is 4.69. The van der Waals surface area contributed by atoms with E-state index in [9.17, 15) is 4.79 Å². The Bertz CT molecular complexity index is 838. The zero-order valence-corrected chi connectivity index (χ0v) is 17.2. The van der Waals surface area contributed by atoms with Crippen LogP contribution in [0.15, 0.2) is 30.5 Å². The van der Waals surface area contributed by atoms with Crippen molar-refractivity contribution in [3.8, 4) is 5.75 Å². The molecule has 1 amide bonds. The smallest absolute Gasteiger partial charge is 0.224 e. The Labute approximate surface area is 171 Å². The lowest BCUT2D eigenvalue weighted by molar-refractivity contribution is -0.133. The van der Waals surface area contributed by atoms with E-state index in [1.165, 1.54) is 0 Å². The fraction of sp³-hybridized carbons (Fsp3) is 0.571. The van der Waals surface area contributed by atoms with E-state index in [-0.39, 0.29) is 11.8 Å². The second kappa shape index (κ2) is 8.92. The average molecular weight is 399 g/mol. The molecule has 2 unspecified atom stereocenters. The largest absolute Gasteiger partial charge is 0.496 e. The first-order chi connectivity index (χ1) is 14.2. The maximum Gasteiger partial charge on any atom is 0.224 e. The summed E-state index contributed by atoms with van der Waals surface area (Å²) in [6, 6.07) is 8.25. The van der Waals surface area contributed by atoms with E-state index in [1.807, 2.05) is 42.2 Å². The minimum Gasteiger partial charge on any atom is -0.496 e. The maximum absolute atomic E-state index is 12.9. The average Bonchev–Trinajstić information content (AvgIpc) is 3.19. The van der Waals surface area contributed by atoms with Gasteiger partial charge in [-0.3, -0.25) is 14.4 Å². The molecule has 3 saturated heterocycles. The molecule has 2 N–H and O–H groups in total. The summed E-state index contributed by atoms with van der Waals surface area (Å²) in [6.45, 7) is 3.95. The molecular weight excluding hydrogens is 368 g/mol. The summed E-state index contributed by atoms with van der Waals surface area (Å²) in [5, 5.41) is 14.7. The molecule has 0 saturated carbocycles. The van der Waals surface area contributed by atoms with Crippen molar-refractivity contribution in [2.24, 2.45) is 11.8 Å². The number of nitrogens with zero attached hydrogens (tertiary/aromatic N) is 4. The molecule has 0 spiro atoms. The van der Waals surface area contributed by atoms with Crippen molar-refractivity contribution in [3.05, 3.63) is 41.7 Å². The van der Waals surface area contributed by atoms with Crippen LogP contribution in [0.3, 0.4) is 0 Å². The molecule has 0 aliphatic carbocycles. The number of methoxy groups -OCH3 is 1. The van der Waals surface area contributed by atoms with Gasteiger partial charge in [0.15, 0.2) is 0 Å². The summed E-state index contributed by atoms with van der Waals surface area (Å²) in [4.78, 5) is 15.3. The molecule has 8 heteroatoms. The predicted octanol–water partition coefficient (Wildman–Crippen LogP) is 1.03. The molecule has 2 aromatic rings. The van der Waals surface area contributed by atoms with Crippen LogP contribution < -0.4 is 15.4 Å². The summed E-state index contributed by atoms with van der Waals surface area (Å²) >= 11 is 0. The van der Waals surface area contributed by atoms with Gasteiger partial charge in [0.25, 0.3) is 0 Å². The van der Waals surface area contributed by atoms with E-state index in [2.05, 4.69) is 25.8 Å². The number of benzene rings is 1. The number of hydrogen-bond donors (Lipinski definition) is 2. The Kier molecular flexibility index (Phi) is 6.10. The van der Waals surface area contributed by atoms with Gasteiger partial charge in [0.05, 0.1) is 25.3 Å². The van der Waals surface area contributed by atoms with Gasteiger partial charge < -0.3 is 15.4 Å². The van der Waals surface area contributed by atoms with Crippen LogP contribution in [-0.2, 0) is 24.4 Å². The number of amides is 1. The number of rotatable bonds is 8. The van der Waals surface area contributed by atoms with Gasteiger partial charge in [0.1, 0.15) is 5.75 Å². The van der Waals surface area contributed by atoms with Crippen LogP contribution in [-0.4, -0.2) is 59.1 Å². The van der Waals surface area contributed by atoms with Crippen molar-refractivity contribution in [2.45, 2.75) is 38.5 Å². The maximum atomic E-state index is 12.9. The molecule has 3 aliphatic heterocycles. The van der Waals surface area contributed by atoms with E-state index in [4.69, 9.17) is 4.74 Å². The van der Waals surface area contributed by atoms with E-state index >= 15 is 0 Å². The van der Waals surface area contributed by atoms with E-state index in [0.29, 0.717) is 18.5 Å².